The Hall–Kier alpha value is -1.42. The maximum atomic E-state index is 6.05. The first-order valence-corrected chi connectivity index (χ1v) is 9.70. The second-order valence-corrected chi connectivity index (χ2v) is 6.82. The smallest absolute Gasteiger partial charge is 0.0777 e. The van der Waals surface area contributed by atoms with Crippen molar-refractivity contribution in [3.8, 4) is 0 Å². The van der Waals surface area contributed by atoms with Crippen LogP contribution >= 0.6 is 11.6 Å². The number of piperazine rings is 1. The van der Waals surface area contributed by atoms with E-state index in [-0.39, 0.29) is 6.04 Å². The van der Waals surface area contributed by atoms with Gasteiger partial charge in [-0.3, -0.25) is 9.88 Å². The second kappa shape index (κ2) is 10.5. The van der Waals surface area contributed by atoms with Crippen molar-refractivity contribution < 1.29 is 0 Å². The van der Waals surface area contributed by atoms with Gasteiger partial charge in [-0.1, -0.05) is 57.0 Å². The van der Waals surface area contributed by atoms with E-state index in [0.29, 0.717) is 0 Å². The van der Waals surface area contributed by atoms with Gasteiger partial charge in [0.05, 0.1) is 11.7 Å². The van der Waals surface area contributed by atoms with Crippen LogP contribution in [0.1, 0.15) is 44.5 Å². The van der Waals surface area contributed by atoms with Crippen LogP contribution in [0, 0.1) is 0 Å². The van der Waals surface area contributed by atoms with E-state index in [1.165, 1.54) is 12.0 Å². The van der Waals surface area contributed by atoms with E-state index in [2.05, 4.69) is 59.8 Å². The van der Waals surface area contributed by atoms with Crippen LogP contribution in [-0.4, -0.2) is 47.5 Å². The number of nitrogens with zero attached hydrogens (tertiary/aromatic N) is 3. The normalized spacial score (nSPS) is 16.8. The lowest BCUT2D eigenvalue weighted by atomic mass is 10.0. The van der Waals surface area contributed by atoms with E-state index >= 15 is 0 Å². The molecular weight excluding hydrogens is 330 g/mol. The van der Waals surface area contributed by atoms with E-state index in [0.717, 1.165) is 43.4 Å². The van der Waals surface area contributed by atoms with Gasteiger partial charge in [0.1, 0.15) is 0 Å². The van der Waals surface area contributed by atoms with Crippen LogP contribution in [0.3, 0.4) is 0 Å². The van der Waals surface area contributed by atoms with Crippen LogP contribution in [0.4, 0.5) is 0 Å². The molecule has 136 valence electrons. The van der Waals surface area contributed by atoms with E-state index in [4.69, 9.17) is 11.6 Å². The van der Waals surface area contributed by atoms with Gasteiger partial charge in [-0.2, -0.15) is 0 Å². The zero-order valence-electron chi connectivity index (χ0n) is 15.7. The molecule has 4 heteroatoms. The molecule has 0 N–H and O–H groups in total. The van der Waals surface area contributed by atoms with Gasteiger partial charge in [-0.25, -0.2) is 0 Å². The van der Waals surface area contributed by atoms with Crippen LogP contribution in [0.25, 0.3) is 0 Å². The standard InChI is InChI=1S/C18H22ClN3.C3H8/c1-2-21-11-13-22(14-12-21)18(17-5-3-4-10-20-17)15-6-8-16(19)9-7-15;1-3-2/h3-10,18H,2,11-14H2,1H3;3H2,1-2H3. The van der Waals surface area contributed by atoms with Gasteiger partial charge in [-0.05, 0) is 36.4 Å². The molecule has 2 aromatic rings. The van der Waals surface area contributed by atoms with Crippen molar-refractivity contribution in [2.75, 3.05) is 32.7 Å². The zero-order chi connectivity index (χ0) is 18.1. The fourth-order valence-electron chi connectivity index (χ4n) is 3.09. The number of rotatable bonds is 4. The summed E-state index contributed by atoms with van der Waals surface area (Å²) in [6.45, 7) is 12.0. The molecule has 0 aliphatic carbocycles. The van der Waals surface area contributed by atoms with Gasteiger partial charge in [0.2, 0.25) is 0 Å². The minimum Gasteiger partial charge on any atom is -0.301 e. The first-order chi connectivity index (χ1) is 12.2. The minimum atomic E-state index is 0.206. The summed E-state index contributed by atoms with van der Waals surface area (Å²) in [5, 5.41) is 0.777. The summed E-state index contributed by atoms with van der Waals surface area (Å²) < 4.78 is 0. The molecule has 1 saturated heterocycles. The summed E-state index contributed by atoms with van der Waals surface area (Å²) >= 11 is 6.05. The Balaban J connectivity index is 0.000000701. The first-order valence-electron chi connectivity index (χ1n) is 9.32. The van der Waals surface area contributed by atoms with Crippen LogP contribution < -0.4 is 0 Å². The predicted octanol–water partition coefficient (Wildman–Crippen LogP) is 4.88. The van der Waals surface area contributed by atoms with E-state index in [1.54, 1.807) is 0 Å². The van der Waals surface area contributed by atoms with Crippen LogP contribution in [0.5, 0.6) is 0 Å². The van der Waals surface area contributed by atoms with Crippen LogP contribution in [0.2, 0.25) is 5.02 Å². The third kappa shape index (κ3) is 5.81. The fourth-order valence-corrected chi connectivity index (χ4v) is 3.22. The van der Waals surface area contributed by atoms with Crippen LogP contribution in [0.15, 0.2) is 48.7 Å². The van der Waals surface area contributed by atoms with Gasteiger partial charge in [0.25, 0.3) is 0 Å². The van der Waals surface area contributed by atoms with Crippen molar-refractivity contribution in [3.63, 3.8) is 0 Å². The van der Waals surface area contributed by atoms with E-state index in [9.17, 15) is 0 Å². The van der Waals surface area contributed by atoms with E-state index < -0.39 is 0 Å². The molecular formula is C21H30ClN3. The highest BCUT2D eigenvalue weighted by atomic mass is 35.5. The summed E-state index contributed by atoms with van der Waals surface area (Å²) in [6, 6.07) is 14.5. The van der Waals surface area contributed by atoms with Crippen molar-refractivity contribution in [3.05, 3.63) is 64.9 Å². The zero-order valence-corrected chi connectivity index (χ0v) is 16.4. The molecule has 3 rings (SSSR count). The summed E-state index contributed by atoms with van der Waals surface area (Å²) in [6.07, 6.45) is 3.13. The largest absolute Gasteiger partial charge is 0.301 e. The number of likely N-dealkylation sites (N-methyl/N-ethyl adjacent to an activating group) is 1. The first kappa shape index (κ1) is 19.9. The average Bonchev–Trinajstić information content (AvgIpc) is 2.66. The number of aromatic nitrogens is 1. The molecule has 0 bridgehead atoms. The number of hydrogen-bond donors (Lipinski definition) is 0. The monoisotopic (exact) mass is 359 g/mol. The molecule has 0 saturated carbocycles. The molecule has 1 atom stereocenters. The van der Waals surface area contributed by atoms with Crippen molar-refractivity contribution in [1.29, 1.82) is 0 Å². The molecule has 1 aromatic heterocycles. The molecule has 1 fully saturated rings. The summed E-state index contributed by atoms with van der Waals surface area (Å²) in [7, 11) is 0. The highest BCUT2D eigenvalue weighted by Crippen LogP contribution is 2.29. The lowest BCUT2D eigenvalue weighted by molar-refractivity contribution is 0.112. The Labute approximate surface area is 157 Å². The van der Waals surface area contributed by atoms with Crippen molar-refractivity contribution in [2.24, 2.45) is 0 Å². The van der Waals surface area contributed by atoms with Crippen molar-refractivity contribution in [1.82, 2.24) is 14.8 Å². The maximum absolute atomic E-state index is 6.05. The molecule has 1 aliphatic heterocycles. The predicted molar refractivity (Wildman–Crippen MR) is 107 cm³/mol. The van der Waals surface area contributed by atoms with E-state index in [1.807, 2.05) is 24.4 Å². The van der Waals surface area contributed by atoms with Crippen LogP contribution in [-0.2, 0) is 0 Å². The Kier molecular flexibility index (Phi) is 8.39. The highest BCUT2D eigenvalue weighted by Gasteiger charge is 2.26. The summed E-state index contributed by atoms with van der Waals surface area (Å²) in [4.78, 5) is 9.62. The molecule has 3 nitrogen and oxygen atoms in total. The molecule has 1 unspecified atom stereocenters. The lowest BCUT2D eigenvalue weighted by Gasteiger charge is -2.39. The third-order valence-electron chi connectivity index (χ3n) is 4.37. The average molecular weight is 360 g/mol. The topological polar surface area (TPSA) is 19.4 Å². The maximum Gasteiger partial charge on any atom is 0.0777 e. The molecule has 2 heterocycles. The van der Waals surface area contributed by atoms with Gasteiger partial charge in [0.15, 0.2) is 0 Å². The van der Waals surface area contributed by atoms with Crippen molar-refractivity contribution >= 4 is 11.6 Å². The quantitative estimate of drug-likeness (QED) is 0.775. The van der Waals surface area contributed by atoms with Gasteiger partial charge in [-0.15, -0.1) is 0 Å². The molecule has 0 spiro atoms. The second-order valence-electron chi connectivity index (χ2n) is 6.39. The summed E-state index contributed by atoms with van der Waals surface area (Å²) in [5.74, 6) is 0. The number of benzene rings is 1. The number of hydrogen-bond acceptors (Lipinski definition) is 3. The molecule has 25 heavy (non-hydrogen) atoms. The van der Waals surface area contributed by atoms with Gasteiger partial charge < -0.3 is 4.90 Å². The minimum absolute atomic E-state index is 0.206. The molecule has 1 aliphatic rings. The lowest BCUT2D eigenvalue weighted by Crippen LogP contribution is -2.47. The molecule has 0 amide bonds. The molecule has 1 aromatic carbocycles. The van der Waals surface area contributed by atoms with Crippen molar-refractivity contribution in [2.45, 2.75) is 33.2 Å². The number of halogens is 1. The Bertz CT molecular complexity index is 592. The Morgan fingerprint density at radius 1 is 0.960 bits per heavy atom. The number of pyridine rings is 1. The molecule has 0 radical (unpaired) electrons. The third-order valence-corrected chi connectivity index (χ3v) is 4.62. The van der Waals surface area contributed by atoms with Gasteiger partial charge in [0, 0.05) is 37.4 Å². The Morgan fingerprint density at radius 3 is 2.12 bits per heavy atom. The Morgan fingerprint density at radius 2 is 1.60 bits per heavy atom. The highest BCUT2D eigenvalue weighted by molar-refractivity contribution is 6.30. The SMILES string of the molecule is CCC.CCN1CCN(C(c2ccc(Cl)cc2)c2ccccn2)CC1. The van der Waals surface area contributed by atoms with Gasteiger partial charge >= 0.3 is 0 Å². The summed E-state index contributed by atoms with van der Waals surface area (Å²) in [5.41, 5.74) is 2.36. The fraction of sp³-hybridized carbons (Fsp3) is 0.476.